The third-order valence-corrected chi connectivity index (χ3v) is 2.72. The summed E-state index contributed by atoms with van der Waals surface area (Å²) in [6.07, 6.45) is 3.64. The number of benzene rings is 1. The number of aliphatic carboxylic acids is 1. The predicted octanol–water partition coefficient (Wildman–Crippen LogP) is 3.55. The lowest BCUT2D eigenvalue weighted by atomic mass is 9.95. The Labute approximate surface area is 101 Å². The first-order valence-electron chi connectivity index (χ1n) is 5.21. The van der Waals surface area contributed by atoms with E-state index in [1.54, 1.807) is 18.2 Å². The van der Waals surface area contributed by atoms with Crippen molar-refractivity contribution in [1.82, 2.24) is 0 Å². The van der Waals surface area contributed by atoms with Gasteiger partial charge in [0.15, 0.2) is 0 Å². The molecule has 0 aliphatic heterocycles. The maximum atomic E-state index is 11.0. The largest absolute Gasteiger partial charge is 0.481 e. The fourth-order valence-electron chi connectivity index (χ4n) is 1.54. The van der Waals surface area contributed by atoms with Crippen molar-refractivity contribution in [2.75, 3.05) is 0 Å². The Balaban J connectivity index is 2.63. The summed E-state index contributed by atoms with van der Waals surface area (Å²) in [6.45, 7) is 3.60. The highest BCUT2D eigenvalue weighted by Crippen LogP contribution is 2.17. The molecule has 1 atom stereocenters. The molecule has 1 unspecified atom stereocenters. The molecule has 0 fully saturated rings. The van der Waals surface area contributed by atoms with Crippen LogP contribution < -0.4 is 0 Å². The van der Waals surface area contributed by atoms with Gasteiger partial charge < -0.3 is 5.11 Å². The van der Waals surface area contributed by atoms with Gasteiger partial charge in [-0.3, -0.25) is 4.79 Å². The minimum absolute atomic E-state index is 0.348. The second kappa shape index (κ2) is 6.33. The summed E-state index contributed by atoms with van der Waals surface area (Å²) in [6, 6.07) is 7.30. The van der Waals surface area contributed by atoms with E-state index in [0.29, 0.717) is 17.9 Å². The third kappa shape index (κ3) is 4.07. The standard InChI is InChI=1S/C13H15ClO2/c1-2-3-4-11(13(15)16)9-10-5-7-12(14)8-6-10/h2,5-8,11H,1,3-4,9H2,(H,15,16). The van der Waals surface area contributed by atoms with Crippen molar-refractivity contribution in [3.05, 3.63) is 47.5 Å². The molecule has 0 aliphatic rings. The Kier molecular flexibility index (Phi) is 5.06. The topological polar surface area (TPSA) is 37.3 Å². The van der Waals surface area contributed by atoms with E-state index < -0.39 is 5.97 Å². The average molecular weight is 239 g/mol. The van der Waals surface area contributed by atoms with E-state index in [9.17, 15) is 4.79 Å². The molecule has 0 spiro atoms. The van der Waals surface area contributed by atoms with Gasteiger partial charge in [-0.2, -0.15) is 0 Å². The summed E-state index contributed by atoms with van der Waals surface area (Å²) in [7, 11) is 0. The molecule has 0 heterocycles. The van der Waals surface area contributed by atoms with Gasteiger partial charge in [0, 0.05) is 5.02 Å². The van der Waals surface area contributed by atoms with Crippen LogP contribution in [0.1, 0.15) is 18.4 Å². The van der Waals surface area contributed by atoms with Gasteiger partial charge >= 0.3 is 5.97 Å². The predicted molar refractivity (Wildman–Crippen MR) is 65.7 cm³/mol. The highest BCUT2D eigenvalue weighted by atomic mass is 35.5. The SMILES string of the molecule is C=CCCC(Cc1ccc(Cl)cc1)C(=O)O. The molecule has 1 aromatic carbocycles. The Hall–Kier alpha value is -1.28. The molecule has 1 N–H and O–H groups in total. The van der Waals surface area contributed by atoms with Crippen LogP contribution in [0.25, 0.3) is 0 Å². The lowest BCUT2D eigenvalue weighted by Crippen LogP contribution is -2.16. The molecule has 0 saturated heterocycles. The number of carboxylic acids is 1. The Morgan fingerprint density at radius 3 is 2.56 bits per heavy atom. The number of rotatable bonds is 6. The van der Waals surface area contributed by atoms with E-state index >= 15 is 0 Å². The molecule has 3 heteroatoms. The van der Waals surface area contributed by atoms with Gasteiger partial charge in [-0.1, -0.05) is 29.8 Å². The summed E-state index contributed by atoms with van der Waals surface area (Å²) >= 11 is 5.76. The normalized spacial score (nSPS) is 12.1. The van der Waals surface area contributed by atoms with E-state index in [1.165, 1.54) is 0 Å². The Morgan fingerprint density at radius 2 is 2.06 bits per heavy atom. The molecule has 0 saturated carbocycles. The van der Waals surface area contributed by atoms with Crippen molar-refractivity contribution in [3.63, 3.8) is 0 Å². The molecule has 86 valence electrons. The minimum atomic E-state index is -0.753. The van der Waals surface area contributed by atoms with Crippen molar-refractivity contribution in [2.45, 2.75) is 19.3 Å². The molecular formula is C13H15ClO2. The van der Waals surface area contributed by atoms with Crippen molar-refractivity contribution in [2.24, 2.45) is 5.92 Å². The van der Waals surface area contributed by atoms with Crippen molar-refractivity contribution in [1.29, 1.82) is 0 Å². The Bertz CT molecular complexity index is 357. The zero-order valence-corrected chi connectivity index (χ0v) is 9.78. The van der Waals surface area contributed by atoms with Gasteiger partial charge in [0.25, 0.3) is 0 Å². The van der Waals surface area contributed by atoms with Crippen molar-refractivity contribution in [3.8, 4) is 0 Å². The monoisotopic (exact) mass is 238 g/mol. The van der Waals surface area contributed by atoms with Crippen LogP contribution in [0.15, 0.2) is 36.9 Å². The second-order valence-electron chi connectivity index (χ2n) is 3.73. The number of allylic oxidation sites excluding steroid dienone is 1. The molecule has 1 rings (SSSR count). The van der Waals surface area contributed by atoms with Crippen molar-refractivity contribution >= 4 is 17.6 Å². The first kappa shape index (κ1) is 12.8. The van der Waals surface area contributed by atoms with Crippen LogP contribution >= 0.6 is 11.6 Å². The number of carbonyl (C=O) groups is 1. The summed E-state index contributed by atoms with van der Waals surface area (Å²) in [4.78, 5) is 11.0. The van der Waals surface area contributed by atoms with E-state index in [-0.39, 0.29) is 5.92 Å². The molecule has 0 aromatic heterocycles. The van der Waals surface area contributed by atoms with E-state index in [2.05, 4.69) is 6.58 Å². The minimum Gasteiger partial charge on any atom is -0.481 e. The number of carboxylic acid groups (broad SMARTS) is 1. The van der Waals surface area contributed by atoms with Crippen molar-refractivity contribution < 1.29 is 9.90 Å². The molecule has 1 aromatic rings. The van der Waals surface area contributed by atoms with E-state index in [1.807, 2.05) is 12.1 Å². The second-order valence-corrected chi connectivity index (χ2v) is 4.17. The molecule has 0 bridgehead atoms. The number of hydrogen-bond acceptors (Lipinski definition) is 1. The van der Waals surface area contributed by atoms with Crippen LogP contribution in [0, 0.1) is 5.92 Å². The van der Waals surface area contributed by atoms with Crippen LogP contribution in [0.4, 0.5) is 0 Å². The fraction of sp³-hybridized carbons (Fsp3) is 0.308. The molecule has 16 heavy (non-hydrogen) atoms. The zero-order chi connectivity index (χ0) is 12.0. The molecular weight excluding hydrogens is 224 g/mol. The van der Waals surface area contributed by atoms with E-state index in [0.717, 1.165) is 12.0 Å². The van der Waals surface area contributed by atoms with Gasteiger partial charge in [0.05, 0.1) is 5.92 Å². The molecule has 0 radical (unpaired) electrons. The third-order valence-electron chi connectivity index (χ3n) is 2.46. The smallest absolute Gasteiger partial charge is 0.306 e. The van der Waals surface area contributed by atoms with Crippen LogP contribution in [0.5, 0.6) is 0 Å². The fourth-order valence-corrected chi connectivity index (χ4v) is 1.66. The molecule has 2 nitrogen and oxygen atoms in total. The summed E-state index contributed by atoms with van der Waals surface area (Å²) < 4.78 is 0. The van der Waals surface area contributed by atoms with Crippen LogP contribution in [-0.4, -0.2) is 11.1 Å². The van der Waals surface area contributed by atoms with E-state index in [4.69, 9.17) is 16.7 Å². The van der Waals surface area contributed by atoms with Gasteiger partial charge in [-0.05, 0) is 37.0 Å². The van der Waals surface area contributed by atoms with Crippen LogP contribution in [0.2, 0.25) is 5.02 Å². The Morgan fingerprint density at radius 1 is 1.44 bits per heavy atom. The number of hydrogen-bond donors (Lipinski definition) is 1. The van der Waals surface area contributed by atoms with Gasteiger partial charge in [-0.15, -0.1) is 6.58 Å². The maximum Gasteiger partial charge on any atom is 0.306 e. The quantitative estimate of drug-likeness (QED) is 0.770. The van der Waals surface area contributed by atoms with Crippen LogP contribution in [-0.2, 0) is 11.2 Å². The maximum absolute atomic E-state index is 11.0. The number of halogens is 1. The summed E-state index contributed by atoms with van der Waals surface area (Å²) in [5.74, 6) is -1.10. The van der Waals surface area contributed by atoms with Gasteiger partial charge in [0.1, 0.15) is 0 Å². The molecule has 0 aliphatic carbocycles. The first-order valence-corrected chi connectivity index (χ1v) is 5.59. The average Bonchev–Trinajstić information content (AvgIpc) is 2.26. The highest BCUT2D eigenvalue weighted by Gasteiger charge is 2.16. The highest BCUT2D eigenvalue weighted by molar-refractivity contribution is 6.30. The lowest BCUT2D eigenvalue weighted by molar-refractivity contribution is -0.141. The van der Waals surface area contributed by atoms with Gasteiger partial charge in [-0.25, -0.2) is 0 Å². The first-order chi connectivity index (χ1) is 7.63. The van der Waals surface area contributed by atoms with Crippen LogP contribution in [0.3, 0.4) is 0 Å². The summed E-state index contributed by atoms with van der Waals surface area (Å²) in [5.41, 5.74) is 1.00. The molecule has 0 amide bonds. The lowest BCUT2D eigenvalue weighted by Gasteiger charge is -2.11. The summed E-state index contributed by atoms with van der Waals surface area (Å²) in [5, 5.41) is 9.72. The zero-order valence-electron chi connectivity index (χ0n) is 9.03. The van der Waals surface area contributed by atoms with Gasteiger partial charge in [0.2, 0.25) is 0 Å².